The molecule has 0 amide bonds. The molecule has 4 aromatic rings. The van der Waals surface area contributed by atoms with Crippen molar-refractivity contribution < 1.29 is 4.74 Å². The van der Waals surface area contributed by atoms with E-state index in [9.17, 15) is 0 Å². The van der Waals surface area contributed by atoms with Crippen LogP contribution in [0.1, 0.15) is 31.2 Å². The van der Waals surface area contributed by atoms with Crippen LogP contribution < -0.4 is 10.6 Å². The van der Waals surface area contributed by atoms with Crippen LogP contribution in [0, 0.1) is 17.3 Å². The zero-order valence-electron chi connectivity index (χ0n) is 21.3. The molecule has 2 saturated heterocycles. The second-order valence-corrected chi connectivity index (χ2v) is 11.4. The van der Waals surface area contributed by atoms with Gasteiger partial charge in [0.2, 0.25) is 0 Å². The number of para-hydroxylation sites is 1. The Labute approximate surface area is 230 Å². The number of aromatic nitrogens is 5. The van der Waals surface area contributed by atoms with Crippen molar-refractivity contribution in [2.45, 2.75) is 41.8 Å². The molecule has 0 unspecified atom stereocenters. The first-order valence-electron chi connectivity index (χ1n) is 12.6. The van der Waals surface area contributed by atoms with Crippen LogP contribution in [0.15, 0.2) is 58.8 Å². The number of hydrogen-bond acceptors (Lipinski definition) is 8. The van der Waals surface area contributed by atoms with Crippen molar-refractivity contribution in [3.8, 4) is 11.8 Å². The van der Waals surface area contributed by atoms with Crippen molar-refractivity contribution in [2.24, 2.45) is 18.2 Å². The molecule has 8 nitrogen and oxygen atoms in total. The number of aryl methyl sites for hydroxylation is 1. The molecule has 1 aromatic carbocycles. The highest BCUT2D eigenvalue weighted by Gasteiger charge is 2.47. The number of anilines is 1. The van der Waals surface area contributed by atoms with E-state index >= 15 is 0 Å². The number of benzene rings is 1. The number of halogens is 1. The van der Waals surface area contributed by atoms with Crippen LogP contribution in [0.2, 0.25) is 5.02 Å². The molecule has 3 aromatic heterocycles. The predicted octanol–water partition coefficient (Wildman–Crippen LogP) is 4.30. The van der Waals surface area contributed by atoms with Gasteiger partial charge in [-0.3, -0.25) is 4.68 Å². The summed E-state index contributed by atoms with van der Waals surface area (Å²) < 4.78 is 7.67. The van der Waals surface area contributed by atoms with E-state index in [1.54, 1.807) is 12.4 Å². The zero-order chi connectivity index (χ0) is 26.3. The van der Waals surface area contributed by atoms with Crippen molar-refractivity contribution in [3.05, 3.63) is 65.3 Å². The Kier molecular flexibility index (Phi) is 6.74. The zero-order valence-corrected chi connectivity index (χ0v) is 22.8. The Morgan fingerprint density at radius 3 is 2.61 bits per heavy atom. The van der Waals surface area contributed by atoms with Gasteiger partial charge in [0.15, 0.2) is 0 Å². The molecular weight excluding hydrogens is 518 g/mol. The minimum absolute atomic E-state index is 0.0848. The third-order valence-electron chi connectivity index (χ3n) is 7.67. The summed E-state index contributed by atoms with van der Waals surface area (Å²) in [5, 5.41) is 6.77. The molecule has 2 atom stereocenters. The fourth-order valence-corrected chi connectivity index (χ4v) is 6.33. The van der Waals surface area contributed by atoms with E-state index in [0.717, 1.165) is 59.2 Å². The van der Waals surface area contributed by atoms with Gasteiger partial charge in [0.25, 0.3) is 0 Å². The summed E-state index contributed by atoms with van der Waals surface area (Å²) in [5.74, 6) is 7.11. The van der Waals surface area contributed by atoms with E-state index < -0.39 is 0 Å². The minimum Gasteiger partial charge on any atom is -0.376 e. The van der Waals surface area contributed by atoms with Crippen LogP contribution in [0.25, 0.3) is 10.9 Å². The Morgan fingerprint density at radius 2 is 1.87 bits per heavy atom. The van der Waals surface area contributed by atoms with Crippen LogP contribution >= 0.6 is 23.4 Å². The molecular formula is C28H28ClN7OS. The Bertz CT molecular complexity index is 1540. The van der Waals surface area contributed by atoms with Gasteiger partial charge in [0.05, 0.1) is 35.6 Å². The Balaban J connectivity index is 1.15. The second-order valence-electron chi connectivity index (χ2n) is 9.92. The first-order valence-corrected chi connectivity index (χ1v) is 13.8. The number of ether oxygens (including phenoxy) is 1. The number of nitrogens with two attached hydrogens (primary N) is 1. The fraction of sp³-hybridized carbons (Fsp3) is 0.357. The van der Waals surface area contributed by atoms with Gasteiger partial charge in [-0.25, -0.2) is 15.0 Å². The number of piperidine rings is 1. The topological polar surface area (TPSA) is 95.0 Å². The maximum Gasteiger partial charge on any atom is 0.147 e. The lowest BCUT2D eigenvalue weighted by Crippen LogP contribution is -2.50. The van der Waals surface area contributed by atoms with Gasteiger partial charge in [-0.05, 0) is 49.8 Å². The largest absolute Gasteiger partial charge is 0.376 e. The van der Waals surface area contributed by atoms with Crippen molar-refractivity contribution >= 4 is 40.1 Å². The molecule has 194 valence electrons. The quantitative estimate of drug-likeness (QED) is 0.381. The maximum absolute atomic E-state index is 6.69. The van der Waals surface area contributed by atoms with Crippen LogP contribution in [0.5, 0.6) is 0 Å². The van der Waals surface area contributed by atoms with Gasteiger partial charge in [0.1, 0.15) is 22.2 Å². The van der Waals surface area contributed by atoms with Gasteiger partial charge in [0, 0.05) is 48.1 Å². The lowest BCUT2D eigenvalue weighted by molar-refractivity contribution is 0.0974. The average molecular weight is 546 g/mol. The average Bonchev–Trinajstić information content (AvgIpc) is 3.41. The summed E-state index contributed by atoms with van der Waals surface area (Å²) in [5.41, 5.74) is 8.76. The minimum atomic E-state index is 0.0848. The summed E-state index contributed by atoms with van der Waals surface area (Å²) in [7, 11) is 1.91. The number of pyridine rings is 1. The molecule has 0 radical (unpaired) electrons. The molecule has 2 aliphatic heterocycles. The molecule has 2 fully saturated rings. The highest BCUT2D eigenvalue weighted by molar-refractivity contribution is 7.99. The van der Waals surface area contributed by atoms with Gasteiger partial charge < -0.3 is 15.4 Å². The molecule has 6 rings (SSSR count). The van der Waals surface area contributed by atoms with Crippen molar-refractivity contribution in [1.29, 1.82) is 0 Å². The molecule has 10 heteroatoms. The third-order valence-corrected chi connectivity index (χ3v) is 9.14. The number of hydrogen-bond donors (Lipinski definition) is 1. The van der Waals surface area contributed by atoms with Crippen molar-refractivity contribution in [1.82, 2.24) is 24.7 Å². The molecule has 0 saturated carbocycles. The van der Waals surface area contributed by atoms with E-state index in [4.69, 9.17) is 22.1 Å². The lowest BCUT2D eigenvalue weighted by Gasteiger charge is -2.41. The highest BCUT2D eigenvalue weighted by Crippen LogP contribution is 2.42. The lowest BCUT2D eigenvalue weighted by atomic mass is 9.73. The predicted molar refractivity (Wildman–Crippen MR) is 149 cm³/mol. The maximum atomic E-state index is 6.69. The smallest absolute Gasteiger partial charge is 0.147 e. The summed E-state index contributed by atoms with van der Waals surface area (Å²) in [6, 6.07) is 9.95. The van der Waals surface area contributed by atoms with E-state index in [0.29, 0.717) is 16.4 Å². The van der Waals surface area contributed by atoms with E-state index in [1.165, 1.54) is 11.8 Å². The summed E-state index contributed by atoms with van der Waals surface area (Å²) in [4.78, 5) is 16.8. The summed E-state index contributed by atoms with van der Waals surface area (Å²) in [6.45, 7) is 4.62. The molecule has 0 bridgehead atoms. The van der Waals surface area contributed by atoms with Crippen LogP contribution in [0.3, 0.4) is 0 Å². The van der Waals surface area contributed by atoms with Gasteiger partial charge >= 0.3 is 0 Å². The van der Waals surface area contributed by atoms with Crippen molar-refractivity contribution in [2.75, 3.05) is 24.6 Å². The Hall–Kier alpha value is -3.16. The fourth-order valence-electron chi connectivity index (χ4n) is 5.31. The second kappa shape index (κ2) is 10.2. The molecule has 2 N–H and O–H groups in total. The highest BCUT2D eigenvalue weighted by atomic mass is 35.5. The standard InChI is InChI=1S/C28H28ClN7OS/c1-18-27(30)28(17-37-18)10-13-36(14-11-28)24-15-33-25(16-32-24)38-23-9-12-31-21(26(23)29)8-7-20-19-5-3-4-6-22(19)35(2)34-20/h3-6,9,12,15-16,18,27H,10-11,13-14,17,30H2,1-2H3/t18-,27+/m0/s1. The third kappa shape index (κ3) is 4.63. The molecule has 2 aliphatic rings. The van der Waals surface area contributed by atoms with E-state index in [1.807, 2.05) is 48.3 Å². The van der Waals surface area contributed by atoms with E-state index in [-0.39, 0.29) is 17.6 Å². The van der Waals surface area contributed by atoms with Crippen LogP contribution in [-0.2, 0) is 11.8 Å². The summed E-state index contributed by atoms with van der Waals surface area (Å²) in [6.07, 6.45) is 7.45. The normalized spacial score (nSPS) is 20.6. The van der Waals surface area contributed by atoms with Gasteiger partial charge in [-0.1, -0.05) is 35.5 Å². The first-order chi connectivity index (χ1) is 18.4. The monoisotopic (exact) mass is 545 g/mol. The van der Waals surface area contributed by atoms with E-state index in [2.05, 4.69) is 43.7 Å². The van der Waals surface area contributed by atoms with Crippen LogP contribution in [0.4, 0.5) is 5.82 Å². The molecule has 1 spiro atoms. The Morgan fingerprint density at radius 1 is 1.08 bits per heavy atom. The van der Waals surface area contributed by atoms with Crippen LogP contribution in [-0.4, -0.2) is 56.6 Å². The number of fused-ring (bicyclic) bond motifs is 1. The SMILES string of the molecule is C[C@@H]1OCC2(CCN(c3cnc(Sc4ccnc(C#Cc5nn(C)c6ccccc56)c4Cl)cn3)CC2)[C@@H]1N. The molecule has 0 aliphatic carbocycles. The number of nitrogens with zero attached hydrogens (tertiary/aromatic N) is 6. The van der Waals surface area contributed by atoms with Gasteiger partial charge in [-0.15, -0.1) is 0 Å². The first kappa shape index (κ1) is 25.1. The van der Waals surface area contributed by atoms with Crippen molar-refractivity contribution in [3.63, 3.8) is 0 Å². The molecule has 5 heterocycles. The van der Waals surface area contributed by atoms with Gasteiger partial charge in [-0.2, -0.15) is 5.10 Å². The molecule has 38 heavy (non-hydrogen) atoms. The summed E-state index contributed by atoms with van der Waals surface area (Å²) >= 11 is 8.14. The number of rotatable bonds is 3.